The predicted molar refractivity (Wildman–Crippen MR) is 118 cm³/mol. The molecule has 1 aliphatic heterocycles. The molecule has 1 aliphatic rings. The molecule has 1 aromatic carbocycles. The van der Waals surface area contributed by atoms with Gasteiger partial charge in [-0.05, 0) is 62.9 Å². The smallest absolute Gasteiger partial charge is 0.243 e. The number of carbonyl (C=O) groups excluding carboxylic acids is 1. The van der Waals surface area contributed by atoms with Gasteiger partial charge in [0.05, 0.1) is 23.6 Å². The zero-order valence-electron chi connectivity index (χ0n) is 18.7. The fourth-order valence-corrected chi connectivity index (χ4v) is 5.43. The summed E-state index contributed by atoms with van der Waals surface area (Å²) in [6.45, 7) is 7.92. The first kappa shape index (κ1) is 23.3. The number of carbonyl (C=O) groups is 1. The van der Waals surface area contributed by atoms with E-state index in [1.165, 1.54) is 11.4 Å². The minimum absolute atomic E-state index is 0.0881. The summed E-state index contributed by atoms with van der Waals surface area (Å²) in [5, 5.41) is 7.47. The summed E-state index contributed by atoms with van der Waals surface area (Å²) >= 11 is 0. The summed E-state index contributed by atoms with van der Waals surface area (Å²) in [7, 11) is -2.10. The molecular weight excluding hydrogens is 416 g/mol. The lowest BCUT2D eigenvalue weighted by Crippen LogP contribution is -2.46. The van der Waals surface area contributed by atoms with E-state index in [-0.39, 0.29) is 29.2 Å². The van der Waals surface area contributed by atoms with Crippen LogP contribution in [-0.2, 0) is 21.4 Å². The molecular formula is C22H32N4O4S. The second-order valence-electron chi connectivity index (χ2n) is 8.34. The van der Waals surface area contributed by atoms with Gasteiger partial charge in [0, 0.05) is 31.9 Å². The maximum Gasteiger partial charge on any atom is 0.243 e. The lowest BCUT2D eigenvalue weighted by Gasteiger charge is -2.31. The minimum Gasteiger partial charge on any atom is -0.497 e. The summed E-state index contributed by atoms with van der Waals surface area (Å²) in [6, 6.07) is 8.37. The van der Waals surface area contributed by atoms with Crippen molar-refractivity contribution in [3.63, 3.8) is 0 Å². The number of piperidine rings is 1. The van der Waals surface area contributed by atoms with Crippen molar-refractivity contribution < 1.29 is 17.9 Å². The summed E-state index contributed by atoms with van der Waals surface area (Å²) in [5.41, 5.74) is 2.08. The number of methoxy groups -OCH3 is 1. The van der Waals surface area contributed by atoms with Gasteiger partial charge in [0.25, 0.3) is 0 Å². The number of amides is 1. The van der Waals surface area contributed by atoms with Crippen molar-refractivity contribution >= 4 is 15.9 Å². The van der Waals surface area contributed by atoms with Gasteiger partial charge in [-0.1, -0.05) is 6.92 Å². The fourth-order valence-electron chi connectivity index (χ4n) is 3.91. The van der Waals surface area contributed by atoms with Crippen molar-refractivity contribution in [2.24, 2.45) is 11.8 Å². The van der Waals surface area contributed by atoms with Crippen molar-refractivity contribution in [3.05, 3.63) is 41.7 Å². The quantitative estimate of drug-likeness (QED) is 0.669. The molecule has 2 aromatic rings. The number of nitrogens with one attached hydrogen (secondary N) is 1. The molecule has 170 valence electrons. The maximum atomic E-state index is 13.0. The first-order valence-corrected chi connectivity index (χ1v) is 12.1. The van der Waals surface area contributed by atoms with Gasteiger partial charge in [0.1, 0.15) is 5.75 Å². The van der Waals surface area contributed by atoms with E-state index in [9.17, 15) is 13.2 Å². The van der Waals surface area contributed by atoms with Gasteiger partial charge in [-0.15, -0.1) is 0 Å². The van der Waals surface area contributed by atoms with Crippen LogP contribution in [0, 0.1) is 25.7 Å². The highest BCUT2D eigenvalue weighted by atomic mass is 32.2. The van der Waals surface area contributed by atoms with Crippen LogP contribution in [0.4, 0.5) is 0 Å². The molecule has 1 N–H and O–H groups in total. The monoisotopic (exact) mass is 448 g/mol. The van der Waals surface area contributed by atoms with Gasteiger partial charge >= 0.3 is 0 Å². The van der Waals surface area contributed by atoms with Gasteiger partial charge in [-0.25, -0.2) is 8.42 Å². The number of hydrogen-bond acceptors (Lipinski definition) is 5. The van der Waals surface area contributed by atoms with E-state index in [4.69, 9.17) is 4.74 Å². The number of aromatic nitrogens is 2. The van der Waals surface area contributed by atoms with Crippen molar-refractivity contribution in [2.45, 2.75) is 45.1 Å². The highest BCUT2D eigenvalue weighted by molar-refractivity contribution is 7.89. The SMILES string of the molecule is COc1ccc(S(=O)(=O)N2CCCC(C(=O)NCC(C)Cn3nc(C)cc3C)C2)cc1. The Morgan fingerprint density at radius 1 is 1.29 bits per heavy atom. The van der Waals surface area contributed by atoms with E-state index in [0.717, 1.165) is 17.9 Å². The Bertz CT molecular complexity index is 1000. The normalized spacial score (nSPS) is 18.5. The van der Waals surface area contributed by atoms with Crippen molar-refractivity contribution in [2.75, 3.05) is 26.7 Å². The highest BCUT2D eigenvalue weighted by Crippen LogP contribution is 2.25. The minimum atomic E-state index is -3.64. The lowest BCUT2D eigenvalue weighted by atomic mass is 9.98. The van der Waals surface area contributed by atoms with Crippen LogP contribution >= 0.6 is 0 Å². The van der Waals surface area contributed by atoms with E-state index in [1.54, 1.807) is 24.3 Å². The molecule has 0 saturated carbocycles. The third kappa shape index (κ3) is 5.65. The van der Waals surface area contributed by atoms with Crippen molar-refractivity contribution in [3.8, 4) is 5.75 Å². The second-order valence-corrected chi connectivity index (χ2v) is 10.3. The zero-order chi connectivity index (χ0) is 22.6. The van der Waals surface area contributed by atoms with Crippen molar-refractivity contribution in [1.82, 2.24) is 19.4 Å². The molecule has 2 heterocycles. The number of benzene rings is 1. The standard InChI is InChI=1S/C22H32N4O4S/c1-16(14-26-18(3)12-17(2)24-26)13-23-22(27)19-6-5-11-25(15-19)31(28,29)21-9-7-20(30-4)8-10-21/h7-10,12,16,19H,5-6,11,13-15H2,1-4H3,(H,23,27). The van der Waals surface area contributed by atoms with Crippen LogP contribution in [0.2, 0.25) is 0 Å². The summed E-state index contributed by atoms with van der Waals surface area (Å²) in [4.78, 5) is 13.0. The Labute approximate surface area is 184 Å². The number of ether oxygens (including phenoxy) is 1. The highest BCUT2D eigenvalue weighted by Gasteiger charge is 2.33. The predicted octanol–water partition coefficient (Wildman–Crippen LogP) is 2.36. The number of rotatable bonds is 8. The summed E-state index contributed by atoms with van der Waals surface area (Å²) in [6.07, 6.45) is 1.35. The molecule has 0 aliphatic carbocycles. The molecule has 31 heavy (non-hydrogen) atoms. The number of aryl methyl sites for hydroxylation is 2. The van der Waals surface area contributed by atoms with E-state index in [1.807, 2.05) is 24.6 Å². The molecule has 1 aromatic heterocycles. The molecule has 1 amide bonds. The molecule has 9 heteroatoms. The Morgan fingerprint density at radius 3 is 2.61 bits per heavy atom. The average Bonchev–Trinajstić information content (AvgIpc) is 3.08. The molecule has 2 unspecified atom stereocenters. The van der Waals surface area contributed by atoms with E-state index >= 15 is 0 Å². The molecule has 0 radical (unpaired) electrons. The summed E-state index contributed by atoms with van der Waals surface area (Å²) < 4.78 is 34.5. The van der Waals surface area contributed by atoms with Gasteiger partial charge in [-0.3, -0.25) is 9.48 Å². The third-order valence-corrected chi connectivity index (χ3v) is 7.54. The van der Waals surface area contributed by atoms with Crippen LogP contribution in [0.15, 0.2) is 35.2 Å². The Balaban J connectivity index is 1.56. The largest absolute Gasteiger partial charge is 0.497 e. The first-order chi connectivity index (χ1) is 14.7. The fraction of sp³-hybridized carbons (Fsp3) is 0.545. The maximum absolute atomic E-state index is 13.0. The molecule has 2 atom stereocenters. The van der Waals surface area contributed by atoms with Crippen LogP contribution < -0.4 is 10.1 Å². The molecule has 0 spiro atoms. The Morgan fingerprint density at radius 2 is 2.00 bits per heavy atom. The van der Waals surface area contributed by atoms with Gasteiger partial charge in [0.15, 0.2) is 0 Å². The Kier molecular flexibility index (Phi) is 7.38. The molecule has 3 rings (SSSR count). The average molecular weight is 449 g/mol. The first-order valence-electron chi connectivity index (χ1n) is 10.6. The van der Waals surface area contributed by atoms with Crippen LogP contribution in [0.1, 0.15) is 31.2 Å². The number of hydrogen-bond donors (Lipinski definition) is 1. The lowest BCUT2D eigenvalue weighted by molar-refractivity contribution is -0.126. The second kappa shape index (κ2) is 9.82. The molecule has 0 bridgehead atoms. The Hall–Kier alpha value is -2.39. The van der Waals surface area contributed by atoms with Gasteiger partial charge in [0.2, 0.25) is 15.9 Å². The van der Waals surface area contributed by atoms with Crippen LogP contribution in [0.3, 0.4) is 0 Å². The van der Waals surface area contributed by atoms with E-state index < -0.39 is 10.0 Å². The molecule has 1 saturated heterocycles. The zero-order valence-corrected chi connectivity index (χ0v) is 19.5. The van der Waals surface area contributed by atoms with Crippen molar-refractivity contribution in [1.29, 1.82) is 0 Å². The van der Waals surface area contributed by atoms with Crippen LogP contribution in [-0.4, -0.2) is 55.2 Å². The number of sulfonamides is 1. The van der Waals surface area contributed by atoms with Crippen LogP contribution in [0.25, 0.3) is 0 Å². The third-order valence-electron chi connectivity index (χ3n) is 5.66. The number of nitrogens with zero attached hydrogens (tertiary/aromatic N) is 3. The van der Waals surface area contributed by atoms with Gasteiger partial charge in [-0.2, -0.15) is 9.40 Å². The van der Waals surface area contributed by atoms with Crippen LogP contribution in [0.5, 0.6) is 5.75 Å². The summed E-state index contributed by atoms with van der Waals surface area (Å²) in [5.74, 6) is 0.381. The van der Waals surface area contributed by atoms with E-state index in [2.05, 4.69) is 17.3 Å². The topological polar surface area (TPSA) is 93.5 Å². The molecule has 1 fully saturated rings. The van der Waals surface area contributed by atoms with Gasteiger partial charge < -0.3 is 10.1 Å². The molecule has 8 nitrogen and oxygen atoms in total. The van der Waals surface area contributed by atoms with E-state index in [0.29, 0.717) is 31.7 Å².